The summed E-state index contributed by atoms with van der Waals surface area (Å²) in [5.41, 5.74) is 4.49. The van der Waals surface area contributed by atoms with Gasteiger partial charge in [-0.2, -0.15) is 0 Å². The Balaban J connectivity index is 2.12. The second kappa shape index (κ2) is 6.72. The van der Waals surface area contributed by atoms with Gasteiger partial charge in [0.2, 0.25) is 0 Å². The van der Waals surface area contributed by atoms with E-state index in [-0.39, 0.29) is 11.9 Å². The van der Waals surface area contributed by atoms with Crippen LogP contribution in [0, 0.1) is 26.6 Å². The van der Waals surface area contributed by atoms with Gasteiger partial charge in [-0.05, 0) is 57.1 Å². The Bertz CT molecular complexity index is 604. The van der Waals surface area contributed by atoms with Crippen LogP contribution in [0.25, 0.3) is 0 Å². The van der Waals surface area contributed by atoms with Crippen molar-refractivity contribution < 1.29 is 9.13 Å². The lowest BCUT2D eigenvalue weighted by molar-refractivity contribution is 0.271. The molecule has 0 saturated carbocycles. The van der Waals surface area contributed by atoms with Gasteiger partial charge in [0.15, 0.2) is 0 Å². The summed E-state index contributed by atoms with van der Waals surface area (Å²) in [7, 11) is 1.92. The monoisotopic (exact) mass is 287 g/mol. The molecule has 2 nitrogen and oxygen atoms in total. The van der Waals surface area contributed by atoms with E-state index in [1.807, 2.05) is 14.0 Å². The summed E-state index contributed by atoms with van der Waals surface area (Å²) in [6.45, 7) is 6.54. The topological polar surface area (TPSA) is 21.3 Å². The minimum Gasteiger partial charge on any atom is -0.491 e. The summed E-state index contributed by atoms with van der Waals surface area (Å²) in [5.74, 6) is 0.486. The van der Waals surface area contributed by atoms with Crippen LogP contribution in [-0.4, -0.2) is 13.7 Å². The van der Waals surface area contributed by atoms with E-state index in [0.29, 0.717) is 6.61 Å². The van der Waals surface area contributed by atoms with E-state index >= 15 is 0 Å². The highest BCUT2D eigenvalue weighted by molar-refractivity contribution is 5.33. The first-order valence-electron chi connectivity index (χ1n) is 7.14. The average molecular weight is 287 g/mol. The maximum Gasteiger partial charge on any atom is 0.123 e. The fourth-order valence-electron chi connectivity index (χ4n) is 2.51. The van der Waals surface area contributed by atoms with Crippen LogP contribution >= 0.6 is 0 Å². The number of rotatable bonds is 5. The minimum atomic E-state index is -0.237. The molecule has 1 unspecified atom stereocenters. The Morgan fingerprint density at radius 2 is 1.71 bits per heavy atom. The number of nitrogens with one attached hydrogen (secondary N) is 1. The quantitative estimate of drug-likeness (QED) is 0.894. The molecule has 1 N–H and O–H groups in total. The molecule has 0 aromatic heterocycles. The second-order valence-electron chi connectivity index (χ2n) is 5.48. The van der Waals surface area contributed by atoms with Gasteiger partial charge in [-0.15, -0.1) is 0 Å². The zero-order valence-corrected chi connectivity index (χ0v) is 13.0. The van der Waals surface area contributed by atoms with E-state index < -0.39 is 0 Å². The molecule has 2 aromatic rings. The lowest BCUT2D eigenvalue weighted by Gasteiger charge is -2.19. The van der Waals surface area contributed by atoms with E-state index in [9.17, 15) is 4.39 Å². The number of ether oxygens (including phenoxy) is 1. The molecule has 0 amide bonds. The zero-order chi connectivity index (χ0) is 15.4. The maximum atomic E-state index is 13.1. The van der Waals surface area contributed by atoms with Crippen LogP contribution < -0.4 is 10.1 Å². The molecule has 0 aliphatic carbocycles. The summed E-state index contributed by atoms with van der Waals surface area (Å²) >= 11 is 0. The zero-order valence-electron chi connectivity index (χ0n) is 13.0. The van der Waals surface area contributed by atoms with Crippen molar-refractivity contribution in [3.05, 3.63) is 64.5 Å². The first-order valence-corrected chi connectivity index (χ1v) is 7.14. The van der Waals surface area contributed by atoms with E-state index in [1.165, 1.54) is 28.8 Å². The highest BCUT2D eigenvalue weighted by Crippen LogP contribution is 2.22. The van der Waals surface area contributed by atoms with Gasteiger partial charge in [-0.25, -0.2) is 4.39 Å². The lowest BCUT2D eigenvalue weighted by Crippen LogP contribution is -2.23. The minimum absolute atomic E-state index is 0.105. The molecule has 21 heavy (non-hydrogen) atoms. The van der Waals surface area contributed by atoms with Gasteiger partial charge in [0, 0.05) is 0 Å². The van der Waals surface area contributed by atoms with Crippen LogP contribution in [0.5, 0.6) is 5.75 Å². The predicted octanol–water partition coefficient (Wildman–Crippen LogP) is 4.09. The molecule has 0 saturated heterocycles. The highest BCUT2D eigenvalue weighted by Gasteiger charge is 2.12. The SMILES string of the molecule is CNC(COc1ccc(F)cc1C)c1cc(C)cc(C)c1. The van der Waals surface area contributed by atoms with Crippen LogP contribution in [0.2, 0.25) is 0 Å². The number of benzene rings is 2. The predicted molar refractivity (Wildman–Crippen MR) is 84.3 cm³/mol. The molecule has 2 rings (SSSR count). The van der Waals surface area contributed by atoms with Gasteiger partial charge >= 0.3 is 0 Å². The van der Waals surface area contributed by atoms with E-state index in [2.05, 4.69) is 37.4 Å². The lowest BCUT2D eigenvalue weighted by atomic mass is 10.0. The van der Waals surface area contributed by atoms with Crippen LogP contribution in [0.4, 0.5) is 4.39 Å². The summed E-state index contributed by atoms with van der Waals surface area (Å²) in [6.07, 6.45) is 0. The van der Waals surface area contributed by atoms with Crippen LogP contribution in [0.3, 0.4) is 0 Å². The number of hydrogen-bond donors (Lipinski definition) is 1. The molecule has 0 spiro atoms. The molecule has 2 aromatic carbocycles. The van der Waals surface area contributed by atoms with E-state index in [4.69, 9.17) is 4.74 Å². The van der Waals surface area contributed by atoms with Crippen molar-refractivity contribution in [2.75, 3.05) is 13.7 Å². The van der Waals surface area contributed by atoms with Crippen LogP contribution in [0.1, 0.15) is 28.3 Å². The molecule has 0 aliphatic heterocycles. The third-order valence-electron chi connectivity index (χ3n) is 3.54. The van der Waals surface area contributed by atoms with Crippen molar-refractivity contribution in [1.29, 1.82) is 0 Å². The maximum absolute atomic E-state index is 13.1. The number of hydrogen-bond acceptors (Lipinski definition) is 2. The number of aryl methyl sites for hydroxylation is 3. The molecule has 0 aliphatic rings. The second-order valence-corrected chi connectivity index (χ2v) is 5.48. The molecule has 0 heterocycles. The van der Waals surface area contributed by atoms with Gasteiger partial charge in [0.25, 0.3) is 0 Å². The summed E-state index contributed by atoms with van der Waals surface area (Å²) in [4.78, 5) is 0. The molecule has 112 valence electrons. The van der Waals surface area contributed by atoms with E-state index in [0.717, 1.165) is 11.3 Å². The smallest absolute Gasteiger partial charge is 0.123 e. The van der Waals surface area contributed by atoms with E-state index in [1.54, 1.807) is 6.07 Å². The molecule has 0 radical (unpaired) electrons. The van der Waals surface area contributed by atoms with Gasteiger partial charge < -0.3 is 10.1 Å². The van der Waals surface area contributed by atoms with Crippen molar-refractivity contribution in [2.45, 2.75) is 26.8 Å². The molecule has 3 heteroatoms. The number of likely N-dealkylation sites (N-methyl/N-ethyl adjacent to an activating group) is 1. The molecular weight excluding hydrogens is 265 g/mol. The first-order chi connectivity index (χ1) is 9.99. The third kappa shape index (κ3) is 4.05. The van der Waals surface area contributed by atoms with Crippen LogP contribution in [0.15, 0.2) is 36.4 Å². The Morgan fingerprint density at radius 1 is 1.05 bits per heavy atom. The molecule has 0 bridgehead atoms. The van der Waals surface area contributed by atoms with Gasteiger partial charge in [-0.1, -0.05) is 29.3 Å². The van der Waals surface area contributed by atoms with Gasteiger partial charge in [0.05, 0.1) is 6.04 Å². The Kier molecular flexibility index (Phi) is 4.97. The van der Waals surface area contributed by atoms with Crippen molar-refractivity contribution in [3.8, 4) is 5.75 Å². The summed E-state index contributed by atoms with van der Waals surface area (Å²) in [5, 5.41) is 3.27. The molecule has 1 atom stereocenters. The Morgan fingerprint density at radius 3 is 2.29 bits per heavy atom. The standard InChI is InChI=1S/C18H22FNO/c1-12-7-13(2)9-15(8-12)17(20-4)11-21-18-6-5-16(19)10-14(18)3/h5-10,17,20H,11H2,1-4H3. The Hall–Kier alpha value is -1.87. The Labute approximate surface area is 126 Å². The van der Waals surface area contributed by atoms with Crippen LogP contribution in [-0.2, 0) is 0 Å². The van der Waals surface area contributed by atoms with Crippen molar-refractivity contribution in [2.24, 2.45) is 0 Å². The average Bonchev–Trinajstić information content (AvgIpc) is 2.40. The fraction of sp³-hybridized carbons (Fsp3) is 0.333. The summed E-state index contributed by atoms with van der Waals surface area (Å²) in [6, 6.07) is 11.2. The first kappa shape index (κ1) is 15.5. The van der Waals surface area contributed by atoms with Crippen molar-refractivity contribution in [1.82, 2.24) is 5.32 Å². The van der Waals surface area contributed by atoms with Crippen molar-refractivity contribution >= 4 is 0 Å². The molecular formula is C18H22FNO. The molecule has 0 fully saturated rings. The van der Waals surface area contributed by atoms with Gasteiger partial charge in [-0.3, -0.25) is 0 Å². The largest absolute Gasteiger partial charge is 0.491 e. The highest BCUT2D eigenvalue weighted by atomic mass is 19.1. The van der Waals surface area contributed by atoms with Gasteiger partial charge in [0.1, 0.15) is 18.2 Å². The third-order valence-corrected chi connectivity index (χ3v) is 3.54. The van der Waals surface area contributed by atoms with Crippen molar-refractivity contribution in [3.63, 3.8) is 0 Å². The fourth-order valence-corrected chi connectivity index (χ4v) is 2.51. The summed E-state index contributed by atoms with van der Waals surface area (Å²) < 4.78 is 18.9. The number of halogens is 1. The normalized spacial score (nSPS) is 12.2.